The molecule has 0 spiro atoms. The molecule has 0 aliphatic carbocycles. The van der Waals surface area contributed by atoms with Gasteiger partial charge in [-0.2, -0.15) is 0 Å². The molecule has 1 aliphatic heterocycles. The first-order valence-corrected chi connectivity index (χ1v) is 9.26. The number of thiophene rings is 1. The van der Waals surface area contributed by atoms with Crippen LogP contribution in [0.4, 0.5) is 11.4 Å². The third kappa shape index (κ3) is 3.61. The first-order chi connectivity index (χ1) is 10.2. The molecule has 1 N–H and O–H groups in total. The van der Waals surface area contributed by atoms with Gasteiger partial charge in [-0.1, -0.05) is 0 Å². The molecule has 2 heterocycles. The predicted octanol–water partition coefficient (Wildman–Crippen LogP) is 5.67. The summed E-state index contributed by atoms with van der Waals surface area (Å²) in [5.41, 5.74) is 2.54. The number of hydrogen-bond acceptors (Lipinski definition) is 3. The number of nitrogens with zero attached hydrogens (tertiary/aromatic N) is 1. The Balaban J connectivity index is 1.65. The van der Waals surface area contributed by atoms with Crippen molar-refractivity contribution in [1.82, 2.24) is 0 Å². The Labute approximate surface area is 139 Å². The summed E-state index contributed by atoms with van der Waals surface area (Å²) in [7, 11) is 0. The Hall–Kier alpha value is -1.00. The van der Waals surface area contributed by atoms with Crippen molar-refractivity contribution in [1.29, 1.82) is 0 Å². The van der Waals surface area contributed by atoms with E-state index in [1.807, 2.05) is 0 Å². The number of nitrogens with one attached hydrogen (secondary N) is 1. The van der Waals surface area contributed by atoms with Crippen LogP contribution in [0.5, 0.6) is 0 Å². The molecule has 1 atom stereocenters. The van der Waals surface area contributed by atoms with E-state index < -0.39 is 0 Å². The summed E-state index contributed by atoms with van der Waals surface area (Å²) in [5, 5.41) is 5.70. The zero-order valence-electron chi connectivity index (χ0n) is 12.3. The standard InChI is InChI=1S/C17H21BrN2S/c1-13(17-16(18)9-12-21-17)19-14-5-7-15(8-6-14)20-10-3-2-4-11-20/h5-9,12-13,19H,2-4,10-11H2,1H3. The maximum atomic E-state index is 3.61. The number of rotatable bonds is 4. The van der Waals surface area contributed by atoms with Gasteiger partial charge in [0, 0.05) is 33.8 Å². The molecular formula is C17H21BrN2S. The molecule has 1 saturated heterocycles. The van der Waals surface area contributed by atoms with E-state index in [4.69, 9.17) is 0 Å². The zero-order chi connectivity index (χ0) is 14.7. The molecule has 1 fully saturated rings. The second-order valence-electron chi connectivity index (χ2n) is 5.59. The van der Waals surface area contributed by atoms with Crippen LogP contribution in [0.15, 0.2) is 40.2 Å². The average Bonchev–Trinajstić information content (AvgIpc) is 2.95. The van der Waals surface area contributed by atoms with Gasteiger partial charge < -0.3 is 10.2 Å². The fraction of sp³-hybridized carbons (Fsp3) is 0.412. The maximum Gasteiger partial charge on any atom is 0.0589 e. The van der Waals surface area contributed by atoms with Gasteiger partial charge in [-0.15, -0.1) is 11.3 Å². The van der Waals surface area contributed by atoms with Crippen LogP contribution in [0, 0.1) is 0 Å². The van der Waals surface area contributed by atoms with Crippen LogP contribution < -0.4 is 10.2 Å². The van der Waals surface area contributed by atoms with Gasteiger partial charge in [-0.3, -0.25) is 0 Å². The van der Waals surface area contributed by atoms with Gasteiger partial charge >= 0.3 is 0 Å². The van der Waals surface area contributed by atoms with Crippen LogP contribution in [0.3, 0.4) is 0 Å². The smallest absolute Gasteiger partial charge is 0.0589 e. The van der Waals surface area contributed by atoms with Gasteiger partial charge in [0.25, 0.3) is 0 Å². The summed E-state index contributed by atoms with van der Waals surface area (Å²) in [6, 6.07) is 11.3. The number of anilines is 2. The van der Waals surface area contributed by atoms with E-state index >= 15 is 0 Å². The number of piperidine rings is 1. The van der Waals surface area contributed by atoms with Crippen molar-refractivity contribution < 1.29 is 0 Å². The summed E-state index contributed by atoms with van der Waals surface area (Å²) in [6.45, 7) is 4.60. The second-order valence-corrected chi connectivity index (χ2v) is 7.40. The van der Waals surface area contributed by atoms with E-state index in [9.17, 15) is 0 Å². The molecule has 0 amide bonds. The van der Waals surface area contributed by atoms with Crippen molar-refractivity contribution in [2.75, 3.05) is 23.3 Å². The highest BCUT2D eigenvalue weighted by molar-refractivity contribution is 9.10. The molecular weight excluding hydrogens is 344 g/mol. The largest absolute Gasteiger partial charge is 0.378 e. The maximum absolute atomic E-state index is 3.61. The highest BCUT2D eigenvalue weighted by Crippen LogP contribution is 2.31. The van der Waals surface area contributed by atoms with Gasteiger partial charge in [0.05, 0.1) is 6.04 Å². The number of benzene rings is 1. The predicted molar refractivity (Wildman–Crippen MR) is 96.6 cm³/mol. The highest BCUT2D eigenvalue weighted by atomic mass is 79.9. The van der Waals surface area contributed by atoms with E-state index in [-0.39, 0.29) is 0 Å². The fourth-order valence-electron chi connectivity index (χ4n) is 2.85. The lowest BCUT2D eigenvalue weighted by molar-refractivity contribution is 0.578. The first kappa shape index (κ1) is 14.9. The van der Waals surface area contributed by atoms with Crippen LogP contribution in [0.25, 0.3) is 0 Å². The molecule has 3 rings (SSSR count). The summed E-state index contributed by atoms with van der Waals surface area (Å²) >= 11 is 5.39. The lowest BCUT2D eigenvalue weighted by atomic mass is 10.1. The molecule has 1 aromatic carbocycles. The molecule has 1 unspecified atom stereocenters. The van der Waals surface area contributed by atoms with E-state index in [1.54, 1.807) is 11.3 Å². The van der Waals surface area contributed by atoms with E-state index in [0.717, 1.165) is 0 Å². The topological polar surface area (TPSA) is 15.3 Å². The Bertz CT molecular complexity index is 573. The third-order valence-corrected chi connectivity index (χ3v) is 6.06. The highest BCUT2D eigenvalue weighted by Gasteiger charge is 2.12. The Morgan fingerprint density at radius 2 is 1.81 bits per heavy atom. The van der Waals surface area contributed by atoms with Gasteiger partial charge in [0.2, 0.25) is 0 Å². The van der Waals surface area contributed by atoms with Gasteiger partial charge in [-0.25, -0.2) is 0 Å². The first-order valence-electron chi connectivity index (χ1n) is 7.58. The number of hydrogen-bond donors (Lipinski definition) is 1. The lowest BCUT2D eigenvalue weighted by Gasteiger charge is -2.29. The molecule has 4 heteroatoms. The van der Waals surface area contributed by atoms with Gasteiger partial charge in [0.15, 0.2) is 0 Å². The zero-order valence-corrected chi connectivity index (χ0v) is 14.7. The van der Waals surface area contributed by atoms with Crippen LogP contribution in [0.2, 0.25) is 0 Å². The Kier molecular flexibility index (Phi) is 4.86. The van der Waals surface area contributed by atoms with E-state index in [1.165, 1.54) is 53.1 Å². The van der Waals surface area contributed by atoms with Crippen molar-refractivity contribution in [2.45, 2.75) is 32.2 Å². The molecule has 1 aliphatic rings. The summed E-state index contributed by atoms with van der Waals surface area (Å²) < 4.78 is 1.19. The Morgan fingerprint density at radius 3 is 2.43 bits per heavy atom. The monoisotopic (exact) mass is 364 g/mol. The summed E-state index contributed by atoms with van der Waals surface area (Å²) in [5.74, 6) is 0. The summed E-state index contributed by atoms with van der Waals surface area (Å²) in [4.78, 5) is 3.84. The van der Waals surface area contributed by atoms with Gasteiger partial charge in [-0.05, 0) is 77.8 Å². The van der Waals surface area contributed by atoms with Crippen LogP contribution in [-0.4, -0.2) is 13.1 Å². The lowest BCUT2D eigenvalue weighted by Crippen LogP contribution is -2.29. The molecule has 0 saturated carbocycles. The minimum absolute atomic E-state index is 0.320. The molecule has 2 nitrogen and oxygen atoms in total. The minimum atomic E-state index is 0.320. The van der Waals surface area contributed by atoms with E-state index in [0.29, 0.717) is 6.04 Å². The average molecular weight is 365 g/mol. The summed E-state index contributed by atoms with van der Waals surface area (Å²) in [6.07, 6.45) is 4.02. The van der Waals surface area contributed by atoms with E-state index in [2.05, 4.69) is 68.8 Å². The van der Waals surface area contributed by atoms with Crippen LogP contribution in [-0.2, 0) is 0 Å². The van der Waals surface area contributed by atoms with Crippen LogP contribution in [0.1, 0.15) is 37.1 Å². The minimum Gasteiger partial charge on any atom is -0.378 e. The molecule has 1 aromatic heterocycles. The van der Waals surface area contributed by atoms with Crippen molar-refractivity contribution >= 4 is 38.6 Å². The second kappa shape index (κ2) is 6.84. The molecule has 2 aromatic rings. The van der Waals surface area contributed by atoms with Crippen molar-refractivity contribution in [3.8, 4) is 0 Å². The van der Waals surface area contributed by atoms with Crippen molar-refractivity contribution in [3.63, 3.8) is 0 Å². The third-order valence-electron chi connectivity index (χ3n) is 4.01. The molecule has 21 heavy (non-hydrogen) atoms. The molecule has 0 bridgehead atoms. The Morgan fingerprint density at radius 1 is 1.10 bits per heavy atom. The number of halogens is 1. The molecule has 0 radical (unpaired) electrons. The molecule has 112 valence electrons. The van der Waals surface area contributed by atoms with Crippen LogP contribution >= 0.6 is 27.3 Å². The quantitative estimate of drug-likeness (QED) is 0.751. The SMILES string of the molecule is CC(Nc1ccc(N2CCCCC2)cc1)c1sccc1Br. The van der Waals surface area contributed by atoms with Gasteiger partial charge in [0.1, 0.15) is 0 Å². The fourth-order valence-corrected chi connectivity index (χ4v) is 4.58. The normalized spacial score (nSPS) is 16.8. The van der Waals surface area contributed by atoms with Crippen molar-refractivity contribution in [3.05, 3.63) is 45.1 Å². The van der Waals surface area contributed by atoms with Crippen molar-refractivity contribution in [2.24, 2.45) is 0 Å².